The monoisotopic (exact) mass is 239 g/mol. The lowest BCUT2D eigenvalue weighted by atomic mass is 10.0. The quantitative estimate of drug-likeness (QED) is 0.351. The summed E-state index contributed by atoms with van der Waals surface area (Å²) in [4.78, 5) is 21.8. The van der Waals surface area contributed by atoms with Crippen molar-refractivity contribution in [1.29, 1.82) is 0 Å². The summed E-state index contributed by atoms with van der Waals surface area (Å²) in [5.41, 5.74) is 2.84. The van der Waals surface area contributed by atoms with Gasteiger partial charge in [-0.15, -0.1) is 0 Å². The molecule has 0 fully saturated rings. The highest BCUT2D eigenvalue weighted by Crippen LogP contribution is 2.32. The number of nitrogens with two attached hydrogens (primary N) is 1. The van der Waals surface area contributed by atoms with E-state index in [4.69, 9.17) is 10.6 Å². The molecule has 0 heterocycles. The van der Waals surface area contributed by atoms with E-state index in [0.29, 0.717) is 11.1 Å². The lowest BCUT2D eigenvalue weighted by Crippen LogP contribution is -2.30. The molecule has 0 unspecified atom stereocenters. The number of rotatable bonds is 3. The Morgan fingerprint density at radius 1 is 1.47 bits per heavy atom. The normalized spacial score (nSPS) is 9.88. The Morgan fingerprint density at radius 2 is 2.06 bits per heavy atom. The zero-order valence-corrected chi connectivity index (χ0v) is 9.73. The van der Waals surface area contributed by atoms with Crippen molar-refractivity contribution < 1.29 is 14.5 Å². The van der Waals surface area contributed by atoms with E-state index in [1.54, 1.807) is 13.8 Å². The Labute approximate surface area is 97.7 Å². The van der Waals surface area contributed by atoms with Gasteiger partial charge < -0.3 is 4.74 Å². The molecule has 0 atom stereocenters. The van der Waals surface area contributed by atoms with Crippen molar-refractivity contribution in [3.05, 3.63) is 32.9 Å². The van der Waals surface area contributed by atoms with Crippen molar-refractivity contribution in [2.45, 2.75) is 13.8 Å². The van der Waals surface area contributed by atoms with Gasteiger partial charge in [0.25, 0.3) is 11.6 Å². The van der Waals surface area contributed by atoms with Crippen LogP contribution in [-0.2, 0) is 0 Å². The van der Waals surface area contributed by atoms with Gasteiger partial charge >= 0.3 is 0 Å². The number of carbonyl (C=O) groups excluding carboxylic acids is 1. The van der Waals surface area contributed by atoms with Crippen molar-refractivity contribution >= 4 is 11.6 Å². The smallest absolute Gasteiger partial charge is 0.273 e. The second kappa shape index (κ2) is 4.79. The minimum absolute atomic E-state index is 0.0461. The van der Waals surface area contributed by atoms with E-state index < -0.39 is 10.8 Å². The van der Waals surface area contributed by atoms with E-state index in [2.05, 4.69) is 0 Å². The van der Waals surface area contributed by atoms with Gasteiger partial charge in [-0.3, -0.25) is 20.3 Å². The first-order chi connectivity index (χ1) is 7.93. The van der Waals surface area contributed by atoms with Gasteiger partial charge in [-0.1, -0.05) is 0 Å². The Balaban J connectivity index is 3.58. The summed E-state index contributed by atoms with van der Waals surface area (Å²) in [5, 5.41) is 10.8. The first-order valence-electron chi connectivity index (χ1n) is 4.77. The summed E-state index contributed by atoms with van der Waals surface area (Å²) >= 11 is 0. The molecular weight excluding hydrogens is 226 g/mol. The third kappa shape index (κ3) is 2.18. The molecule has 92 valence electrons. The van der Waals surface area contributed by atoms with Crippen LogP contribution >= 0.6 is 0 Å². The van der Waals surface area contributed by atoms with E-state index >= 15 is 0 Å². The number of nitrogen functional groups attached to an aromatic ring is 1. The molecule has 3 N–H and O–H groups in total. The third-order valence-corrected chi connectivity index (χ3v) is 2.59. The third-order valence-electron chi connectivity index (χ3n) is 2.59. The molecule has 1 amide bonds. The van der Waals surface area contributed by atoms with Crippen LogP contribution in [-0.4, -0.2) is 17.9 Å². The van der Waals surface area contributed by atoms with Gasteiger partial charge in [0.05, 0.1) is 17.6 Å². The molecule has 0 aliphatic carbocycles. The zero-order valence-electron chi connectivity index (χ0n) is 9.73. The maximum atomic E-state index is 11.5. The first kappa shape index (κ1) is 12.9. The average molecular weight is 239 g/mol. The fraction of sp³-hybridized carbons (Fsp3) is 0.300. The summed E-state index contributed by atoms with van der Waals surface area (Å²) in [6.07, 6.45) is 0. The number of carbonyl (C=O) groups is 1. The molecule has 0 aromatic heterocycles. The molecule has 1 aromatic rings. The van der Waals surface area contributed by atoms with Crippen LogP contribution in [0.2, 0.25) is 0 Å². The standard InChI is InChI=1S/C10H13N3O4/c1-5-6(2)9(17-3)7(10(14)12-11)4-8(5)13(15)16/h4H,11H2,1-3H3,(H,12,14). The number of hydrogen-bond donors (Lipinski definition) is 2. The predicted octanol–water partition coefficient (Wildman–Crippen LogP) is 0.824. The molecule has 0 radical (unpaired) electrons. The van der Waals surface area contributed by atoms with Crippen molar-refractivity contribution in [3.8, 4) is 5.75 Å². The van der Waals surface area contributed by atoms with Crippen LogP contribution < -0.4 is 16.0 Å². The number of nitrogens with zero attached hydrogens (tertiary/aromatic N) is 1. The summed E-state index contributed by atoms with van der Waals surface area (Å²) in [5.74, 6) is 4.67. The topological polar surface area (TPSA) is 107 Å². The number of nitro benzene ring substituents is 1. The summed E-state index contributed by atoms with van der Waals surface area (Å²) in [7, 11) is 1.39. The van der Waals surface area contributed by atoms with Crippen LogP contribution in [0.1, 0.15) is 21.5 Å². The van der Waals surface area contributed by atoms with Crippen LogP contribution in [0.3, 0.4) is 0 Å². The Morgan fingerprint density at radius 3 is 2.47 bits per heavy atom. The highest BCUT2D eigenvalue weighted by Gasteiger charge is 2.23. The SMILES string of the molecule is COc1c(C(=O)NN)cc([N+](=O)[O-])c(C)c1C. The minimum atomic E-state index is -0.631. The molecule has 7 nitrogen and oxygen atoms in total. The van der Waals surface area contributed by atoms with Gasteiger partial charge in [-0.05, 0) is 13.8 Å². The highest BCUT2D eigenvalue weighted by molar-refractivity contribution is 5.98. The van der Waals surface area contributed by atoms with Crippen molar-refractivity contribution in [3.63, 3.8) is 0 Å². The van der Waals surface area contributed by atoms with Gasteiger partial charge in [0.15, 0.2) is 0 Å². The molecule has 0 bridgehead atoms. The number of hydrazine groups is 1. The Bertz CT molecular complexity index is 485. The van der Waals surface area contributed by atoms with E-state index in [-0.39, 0.29) is 17.0 Å². The van der Waals surface area contributed by atoms with Gasteiger partial charge in [0.2, 0.25) is 0 Å². The molecule has 0 saturated carbocycles. The van der Waals surface area contributed by atoms with Crippen LogP contribution in [0.25, 0.3) is 0 Å². The number of benzene rings is 1. The van der Waals surface area contributed by atoms with Gasteiger partial charge in [0, 0.05) is 17.2 Å². The molecule has 7 heteroatoms. The van der Waals surface area contributed by atoms with E-state index in [0.717, 1.165) is 6.07 Å². The van der Waals surface area contributed by atoms with Crippen molar-refractivity contribution in [1.82, 2.24) is 5.43 Å². The summed E-state index contributed by atoms with van der Waals surface area (Å²) in [6.45, 7) is 3.24. The second-order valence-electron chi connectivity index (χ2n) is 3.46. The predicted molar refractivity (Wildman–Crippen MR) is 60.8 cm³/mol. The lowest BCUT2D eigenvalue weighted by Gasteiger charge is -2.12. The number of amides is 1. The second-order valence-corrected chi connectivity index (χ2v) is 3.46. The fourth-order valence-corrected chi connectivity index (χ4v) is 1.57. The van der Waals surface area contributed by atoms with Gasteiger partial charge in [-0.25, -0.2) is 5.84 Å². The minimum Gasteiger partial charge on any atom is -0.496 e. The van der Waals surface area contributed by atoms with E-state index in [1.807, 2.05) is 5.43 Å². The van der Waals surface area contributed by atoms with E-state index in [9.17, 15) is 14.9 Å². The molecule has 1 aromatic carbocycles. The summed E-state index contributed by atoms with van der Waals surface area (Å²) in [6, 6.07) is 1.16. The largest absolute Gasteiger partial charge is 0.496 e. The molecule has 0 aliphatic rings. The van der Waals surface area contributed by atoms with Crippen LogP contribution in [0.5, 0.6) is 5.75 Å². The maximum Gasteiger partial charge on any atom is 0.273 e. The molecule has 0 spiro atoms. The number of methoxy groups -OCH3 is 1. The number of nitro groups is 1. The molecular formula is C10H13N3O4. The summed E-state index contributed by atoms with van der Waals surface area (Å²) < 4.78 is 5.08. The van der Waals surface area contributed by atoms with E-state index in [1.165, 1.54) is 7.11 Å². The van der Waals surface area contributed by atoms with Crippen molar-refractivity contribution in [2.75, 3.05) is 7.11 Å². The average Bonchev–Trinajstić information content (AvgIpc) is 2.30. The maximum absolute atomic E-state index is 11.5. The van der Waals surface area contributed by atoms with Gasteiger partial charge in [-0.2, -0.15) is 0 Å². The highest BCUT2D eigenvalue weighted by atomic mass is 16.6. The van der Waals surface area contributed by atoms with Crippen LogP contribution in [0.15, 0.2) is 6.07 Å². The van der Waals surface area contributed by atoms with Gasteiger partial charge in [0.1, 0.15) is 5.75 Å². The Hall–Kier alpha value is -2.15. The molecule has 1 rings (SSSR count). The fourth-order valence-electron chi connectivity index (χ4n) is 1.57. The lowest BCUT2D eigenvalue weighted by molar-refractivity contribution is -0.385. The first-order valence-corrected chi connectivity index (χ1v) is 4.77. The number of hydrogen-bond acceptors (Lipinski definition) is 5. The zero-order chi connectivity index (χ0) is 13.2. The van der Waals surface area contributed by atoms with Crippen molar-refractivity contribution in [2.24, 2.45) is 5.84 Å². The molecule has 0 saturated heterocycles. The number of nitrogens with one attached hydrogen (secondary N) is 1. The Kier molecular flexibility index (Phi) is 3.64. The molecule has 0 aliphatic heterocycles. The van der Waals surface area contributed by atoms with Crippen LogP contribution in [0.4, 0.5) is 5.69 Å². The number of ether oxygens (including phenoxy) is 1. The molecule has 17 heavy (non-hydrogen) atoms. The van der Waals surface area contributed by atoms with Crippen LogP contribution in [0, 0.1) is 24.0 Å².